The molecule has 1 unspecified atom stereocenters. The summed E-state index contributed by atoms with van der Waals surface area (Å²) in [4.78, 5) is 18.4. The fourth-order valence-electron chi connectivity index (χ4n) is 2.48. The normalized spacial score (nSPS) is 12.0. The van der Waals surface area contributed by atoms with Crippen LogP contribution in [0.3, 0.4) is 0 Å². The van der Waals surface area contributed by atoms with E-state index in [1.807, 2.05) is 24.3 Å². The highest BCUT2D eigenvalue weighted by atomic mass is 16.5. The Bertz CT molecular complexity index is 644. The van der Waals surface area contributed by atoms with Gasteiger partial charge >= 0.3 is 0 Å². The molecule has 0 radical (unpaired) electrons. The van der Waals surface area contributed by atoms with Gasteiger partial charge in [0.15, 0.2) is 0 Å². The molecule has 25 heavy (non-hydrogen) atoms. The first-order valence-corrected chi connectivity index (χ1v) is 8.30. The summed E-state index contributed by atoms with van der Waals surface area (Å²) in [6, 6.07) is 14.2. The van der Waals surface area contributed by atoms with E-state index in [1.165, 1.54) is 5.56 Å². The smallest absolute Gasteiger partial charge is 0.252 e. The summed E-state index contributed by atoms with van der Waals surface area (Å²) in [6.45, 7) is 1.70. The summed E-state index contributed by atoms with van der Waals surface area (Å²) in [5.41, 5.74) is 1.78. The van der Waals surface area contributed by atoms with Gasteiger partial charge in [-0.1, -0.05) is 30.3 Å². The van der Waals surface area contributed by atoms with Crippen molar-refractivity contribution in [1.29, 1.82) is 0 Å². The number of hydrogen-bond acceptors (Lipinski definition) is 5. The summed E-state index contributed by atoms with van der Waals surface area (Å²) in [7, 11) is 5.71. The molecule has 0 bridgehead atoms. The van der Waals surface area contributed by atoms with E-state index >= 15 is 0 Å². The van der Waals surface area contributed by atoms with Crippen molar-refractivity contribution in [1.82, 2.24) is 15.2 Å². The number of carbonyl (C=O) groups is 1. The van der Waals surface area contributed by atoms with E-state index in [2.05, 4.69) is 46.7 Å². The van der Waals surface area contributed by atoms with Crippen molar-refractivity contribution in [2.45, 2.75) is 6.04 Å². The number of hydrogen-bond donors (Lipinski definition) is 2. The maximum Gasteiger partial charge on any atom is 0.252 e. The number of pyridine rings is 1. The largest absolute Gasteiger partial charge is 0.383 e. The average Bonchev–Trinajstić information content (AvgIpc) is 2.63. The van der Waals surface area contributed by atoms with Gasteiger partial charge in [-0.3, -0.25) is 4.79 Å². The van der Waals surface area contributed by atoms with Crippen LogP contribution in [-0.4, -0.2) is 56.7 Å². The SMILES string of the molecule is COCCNC(=O)c1ccc(NCC(c2ccccc2)N(C)C)nc1. The van der Waals surface area contributed by atoms with Gasteiger partial charge in [0.1, 0.15) is 5.82 Å². The average molecular weight is 342 g/mol. The Morgan fingerprint density at radius 1 is 1.20 bits per heavy atom. The minimum atomic E-state index is -0.147. The lowest BCUT2D eigenvalue weighted by molar-refractivity contribution is 0.0937. The molecule has 0 saturated carbocycles. The fraction of sp³-hybridized carbons (Fsp3) is 0.368. The minimum absolute atomic E-state index is 0.147. The summed E-state index contributed by atoms with van der Waals surface area (Å²) in [5.74, 6) is 0.600. The Labute approximate surface area is 149 Å². The first kappa shape index (κ1) is 18.9. The predicted molar refractivity (Wildman–Crippen MR) is 99.8 cm³/mol. The van der Waals surface area contributed by atoms with Crippen LogP contribution in [0.15, 0.2) is 48.7 Å². The Kier molecular flexibility index (Phi) is 7.37. The van der Waals surface area contributed by atoms with E-state index in [0.717, 1.165) is 12.4 Å². The molecule has 1 aromatic heterocycles. The lowest BCUT2D eigenvalue weighted by Crippen LogP contribution is -2.27. The zero-order valence-corrected chi connectivity index (χ0v) is 15.0. The highest BCUT2D eigenvalue weighted by molar-refractivity contribution is 5.94. The third kappa shape index (κ3) is 5.85. The third-order valence-corrected chi connectivity index (χ3v) is 3.90. The van der Waals surface area contributed by atoms with Crippen molar-refractivity contribution >= 4 is 11.7 Å². The number of rotatable bonds is 9. The highest BCUT2D eigenvalue weighted by Crippen LogP contribution is 2.18. The second kappa shape index (κ2) is 9.76. The van der Waals surface area contributed by atoms with E-state index in [-0.39, 0.29) is 11.9 Å². The molecule has 2 N–H and O–H groups in total. The third-order valence-electron chi connectivity index (χ3n) is 3.90. The minimum Gasteiger partial charge on any atom is -0.383 e. The molecule has 1 amide bonds. The van der Waals surface area contributed by atoms with Crippen LogP contribution in [0, 0.1) is 0 Å². The molecule has 0 aliphatic carbocycles. The van der Waals surface area contributed by atoms with Crippen molar-refractivity contribution in [2.75, 3.05) is 46.2 Å². The number of likely N-dealkylation sites (N-methyl/N-ethyl adjacent to an activating group) is 1. The summed E-state index contributed by atoms with van der Waals surface area (Å²) in [5, 5.41) is 6.11. The van der Waals surface area contributed by atoms with Crippen LogP contribution in [-0.2, 0) is 4.74 Å². The van der Waals surface area contributed by atoms with Crippen molar-refractivity contribution < 1.29 is 9.53 Å². The number of nitrogens with one attached hydrogen (secondary N) is 2. The molecule has 2 rings (SSSR count). The van der Waals surface area contributed by atoms with Crippen molar-refractivity contribution in [3.05, 3.63) is 59.8 Å². The lowest BCUT2D eigenvalue weighted by Gasteiger charge is -2.25. The maximum atomic E-state index is 11.9. The number of methoxy groups -OCH3 is 1. The molecule has 2 aromatic rings. The summed E-state index contributed by atoms with van der Waals surface area (Å²) >= 11 is 0. The number of anilines is 1. The molecule has 0 saturated heterocycles. The van der Waals surface area contributed by atoms with E-state index in [0.29, 0.717) is 18.7 Å². The van der Waals surface area contributed by atoms with Crippen LogP contribution in [0.2, 0.25) is 0 Å². The van der Waals surface area contributed by atoms with Crippen LogP contribution in [0.4, 0.5) is 5.82 Å². The van der Waals surface area contributed by atoms with Crippen LogP contribution in [0.5, 0.6) is 0 Å². The number of benzene rings is 1. The van der Waals surface area contributed by atoms with Crippen molar-refractivity contribution in [2.24, 2.45) is 0 Å². The first-order valence-electron chi connectivity index (χ1n) is 8.30. The van der Waals surface area contributed by atoms with Gasteiger partial charge in [0, 0.05) is 26.4 Å². The van der Waals surface area contributed by atoms with Crippen LogP contribution in [0.1, 0.15) is 22.0 Å². The van der Waals surface area contributed by atoms with Gasteiger partial charge in [-0.2, -0.15) is 0 Å². The number of amides is 1. The van der Waals surface area contributed by atoms with Crippen molar-refractivity contribution in [3.8, 4) is 0 Å². The monoisotopic (exact) mass is 342 g/mol. The quantitative estimate of drug-likeness (QED) is 0.684. The molecule has 0 aliphatic rings. The Balaban J connectivity index is 1.93. The van der Waals surface area contributed by atoms with Gasteiger partial charge in [-0.25, -0.2) is 4.98 Å². The predicted octanol–water partition coefficient (Wildman–Crippen LogP) is 2.17. The number of aromatic nitrogens is 1. The molecule has 6 nitrogen and oxygen atoms in total. The lowest BCUT2D eigenvalue weighted by atomic mass is 10.1. The molecule has 0 aliphatic heterocycles. The van der Waals surface area contributed by atoms with Crippen molar-refractivity contribution in [3.63, 3.8) is 0 Å². The van der Waals surface area contributed by atoms with Gasteiger partial charge in [0.2, 0.25) is 0 Å². The van der Waals surface area contributed by atoms with E-state index in [4.69, 9.17) is 4.74 Å². The Hall–Kier alpha value is -2.44. The second-order valence-corrected chi connectivity index (χ2v) is 5.95. The van der Waals surface area contributed by atoms with E-state index in [1.54, 1.807) is 19.4 Å². The molecule has 1 atom stereocenters. The highest BCUT2D eigenvalue weighted by Gasteiger charge is 2.13. The first-order chi connectivity index (χ1) is 12.1. The number of carbonyl (C=O) groups excluding carboxylic acids is 1. The van der Waals surface area contributed by atoms with Gasteiger partial charge in [-0.15, -0.1) is 0 Å². The van der Waals surface area contributed by atoms with Crippen LogP contribution in [0.25, 0.3) is 0 Å². The van der Waals surface area contributed by atoms with Gasteiger partial charge in [-0.05, 0) is 31.8 Å². The molecule has 1 heterocycles. The van der Waals surface area contributed by atoms with Gasteiger partial charge in [0.25, 0.3) is 5.91 Å². The topological polar surface area (TPSA) is 66.5 Å². The van der Waals surface area contributed by atoms with Crippen LogP contribution < -0.4 is 10.6 Å². The standard InChI is InChI=1S/C19H26N4O2/c1-23(2)17(15-7-5-4-6-8-15)14-22-18-10-9-16(13-21-18)19(24)20-11-12-25-3/h4-10,13,17H,11-12,14H2,1-3H3,(H,20,24)(H,21,22). The van der Waals surface area contributed by atoms with E-state index in [9.17, 15) is 4.79 Å². The van der Waals surface area contributed by atoms with Gasteiger partial charge in [0.05, 0.1) is 18.2 Å². The zero-order valence-electron chi connectivity index (χ0n) is 15.0. The number of nitrogens with zero attached hydrogens (tertiary/aromatic N) is 2. The maximum absolute atomic E-state index is 11.9. The molecular weight excluding hydrogens is 316 g/mol. The molecule has 6 heteroatoms. The van der Waals surface area contributed by atoms with E-state index < -0.39 is 0 Å². The molecular formula is C19H26N4O2. The van der Waals surface area contributed by atoms with Gasteiger partial charge < -0.3 is 20.3 Å². The Morgan fingerprint density at radius 2 is 1.96 bits per heavy atom. The number of ether oxygens (including phenoxy) is 1. The summed E-state index contributed by atoms with van der Waals surface area (Å²) < 4.78 is 4.91. The molecule has 0 fully saturated rings. The second-order valence-electron chi connectivity index (χ2n) is 5.95. The summed E-state index contributed by atoms with van der Waals surface area (Å²) in [6.07, 6.45) is 1.58. The zero-order chi connectivity index (χ0) is 18.1. The van der Waals surface area contributed by atoms with Crippen LogP contribution >= 0.6 is 0 Å². The fourth-order valence-corrected chi connectivity index (χ4v) is 2.48. The molecule has 0 spiro atoms. The molecule has 1 aromatic carbocycles. The Morgan fingerprint density at radius 3 is 2.56 bits per heavy atom. The molecule has 134 valence electrons.